The smallest absolute Gasteiger partial charge is 0.373 e. The van der Waals surface area contributed by atoms with E-state index in [-0.39, 0.29) is 36.9 Å². The van der Waals surface area contributed by atoms with Gasteiger partial charge in [-0.2, -0.15) is 9.59 Å². The molecule has 0 saturated carbocycles. The summed E-state index contributed by atoms with van der Waals surface area (Å²) in [5, 5.41) is 11.2. The van der Waals surface area contributed by atoms with E-state index in [1.807, 2.05) is 0 Å². The molecule has 0 aliphatic carbocycles. The lowest BCUT2D eigenvalue weighted by molar-refractivity contribution is -0.191. The fraction of sp³-hybridized carbons (Fsp3) is 0.857. The first-order valence-corrected chi connectivity index (χ1v) is 10.6. The molecular formula is C21H39NO10. The van der Waals surface area contributed by atoms with Crippen molar-refractivity contribution in [2.45, 2.75) is 40.0 Å². The van der Waals surface area contributed by atoms with Crippen molar-refractivity contribution in [3.63, 3.8) is 0 Å². The SMILES string of the molecule is CC(C)(C)CCOCCOCCNC(=O)CCOCCOCCOCCC(=O)O.O=C=O. The van der Waals surface area contributed by atoms with Crippen LogP contribution in [0.25, 0.3) is 0 Å². The predicted molar refractivity (Wildman–Crippen MR) is 113 cm³/mol. The van der Waals surface area contributed by atoms with Crippen LogP contribution in [0.1, 0.15) is 40.0 Å². The van der Waals surface area contributed by atoms with Gasteiger partial charge in [-0.15, -0.1) is 0 Å². The molecule has 0 radical (unpaired) electrons. The maximum absolute atomic E-state index is 11.6. The van der Waals surface area contributed by atoms with Gasteiger partial charge in [0.2, 0.25) is 5.91 Å². The van der Waals surface area contributed by atoms with Gasteiger partial charge in [0.25, 0.3) is 0 Å². The van der Waals surface area contributed by atoms with Crippen LogP contribution in [0.2, 0.25) is 0 Å². The molecule has 1 amide bonds. The second-order valence-corrected chi connectivity index (χ2v) is 7.70. The molecule has 0 rings (SSSR count). The molecule has 0 aromatic heterocycles. The molecular weight excluding hydrogens is 426 g/mol. The molecule has 0 unspecified atom stereocenters. The number of carboxylic acids is 1. The second-order valence-electron chi connectivity index (χ2n) is 7.70. The largest absolute Gasteiger partial charge is 0.481 e. The Hall–Kier alpha value is -1.88. The minimum absolute atomic E-state index is 0.0105. The van der Waals surface area contributed by atoms with Crippen molar-refractivity contribution in [3.8, 4) is 0 Å². The van der Waals surface area contributed by atoms with Crippen molar-refractivity contribution >= 4 is 18.0 Å². The number of amides is 1. The van der Waals surface area contributed by atoms with Crippen molar-refractivity contribution < 1.29 is 48.0 Å². The van der Waals surface area contributed by atoms with E-state index in [2.05, 4.69) is 26.1 Å². The molecule has 2 N–H and O–H groups in total. The van der Waals surface area contributed by atoms with E-state index in [4.69, 9.17) is 38.4 Å². The highest BCUT2D eigenvalue weighted by atomic mass is 16.5. The number of rotatable bonds is 20. The summed E-state index contributed by atoms with van der Waals surface area (Å²) in [6.07, 6.45) is 1.54. The zero-order valence-corrected chi connectivity index (χ0v) is 19.5. The average Bonchev–Trinajstić information content (AvgIpc) is 2.70. The van der Waals surface area contributed by atoms with Crippen molar-refractivity contribution in [1.29, 1.82) is 0 Å². The van der Waals surface area contributed by atoms with Crippen LogP contribution in [0, 0.1) is 5.41 Å². The van der Waals surface area contributed by atoms with E-state index in [1.165, 1.54) is 0 Å². The van der Waals surface area contributed by atoms with E-state index < -0.39 is 5.97 Å². The highest BCUT2D eigenvalue weighted by molar-refractivity contribution is 5.75. The van der Waals surface area contributed by atoms with E-state index in [0.29, 0.717) is 59.4 Å². The lowest BCUT2D eigenvalue weighted by atomic mass is 9.93. The van der Waals surface area contributed by atoms with Gasteiger partial charge < -0.3 is 34.1 Å². The maximum Gasteiger partial charge on any atom is 0.373 e. The van der Waals surface area contributed by atoms with Gasteiger partial charge in [-0.1, -0.05) is 20.8 Å². The van der Waals surface area contributed by atoms with Crippen molar-refractivity contribution in [3.05, 3.63) is 0 Å². The number of carboxylic acid groups (broad SMARTS) is 1. The molecule has 0 fully saturated rings. The Morgan fingerprint density at radius 1 is 0.719 bits per heavy atom. The van der Waals surface area contributed by atoms with Crippen LogP contribution < -0.4 is 5.32 Å². The molecule has 32 heavy (non-hydrogen) atoms. The van der Waals surface area contributed by atoms with Gasteiger partial charge in [-0.05, 0) is 11.8 Å². The Balaban J connectivity index is 0. The lowest BCUT2D eigenvalue weighted by Gasteiger charge is -2.17. The zero-order valence-electron chi connectivity index (χ0n) is 19.5. The average molecular weight is 466 g/mol. The first kappa shape index (κ1) is 32.3. The Bertz CT molecular complexity index is 487. The van der Waals surface area contributed by atoms with E-state index >= 15 is 0 Å². The van der Waals surface area contributed by atoms with E-state index in [0.717, 1.165) is 13.0 Å². The van der Waals surface area contributed by atoms with Crippen molar-refractivity contribution in [2.24, 2.45) is 5.41 Å². The molecule has 0 aliphatic heterocycles. The number of hydrogen-bond donors (Lipinski definition) is 2. The summed E-state index contributed by atoms with van der Waals surface area (Å²) in [5.74, 6) is -0.963. The van der Waals surface area contributed by atoms with Gasteiger partial charge in [0, 0.05) is 19.6 Å². The standard InChI is InChI=1S/C20H39NO8.CO2/c1-20(2,3)6-10-27-14-15-28-11-7-21-18(22)4-8-25-12-16-29-17-13-26-9-5-19(23)24;2-1-3/h4-17H2,1-3H3,(H,21,22)(H,23,24);. The third-order valence-corrected chi connectivity index (χ3v) is 3.61. The fourth-order valence-corrected chi connectivity index (χ4v) is 1.92. The van der Waals surface area contributed by atoms with Crippen LogP contribution >= 0.6 is 0 Å². The third-order valence-electron chi connectivity index (χ3n) is 3.61. The van der Waals surface area contributed by atoms with Gasteiger partial charge in [-0.25, -0.2) is 0 Å². The van der Waals surface area contributed by atoms with Gasteiger partial charge in [-0.3, -0.25) is 9.59 Å². The van der Waals surface area contributed by atoms with E-state index in [9.17, 15) is 9.59 Å². The molecule has 0 spiro atoms. The molecule has 0 aliphatic rings. The van der Waals surface area contributed by atoms with Crippen molar-refractivity contribution in [2.75, 3.05) is 72.6 Å². The number of carbonyl (C=O) groups is 2. The number of carbonyl (C=O) groups excluding carboxylic acids is 3. The van der Waals surface area contributed by atoms with Gasteiger partial charge >= 0.3 is 12.1 Å². The molecule has 0 saturated heterocycles. The van der Waals surface area contributed by atoms with Gasteiger partial charge in [0.05, 0.1) is 65.9 Å². The summed E-state index contributed by atoms with van der Waals surface area (Å²) in [4.78, 5) is 38.2. The number of hydrogen-bond acceptors (Lipinski definition) is 9. The number of ether oxygens (including phenoxy) is 5. The number of nitrogens with one attached hydrogen (secondary N) is 1. The molecule has 0 heterocycles. The molecule has 0 bridgehead atoms. The molecule has 0 atom stereocenters. The highest BCUT2D eigenvalue weighted by Crippen LogP contribution is 2.17. The Morgan fingerprint density at radius 2 is 1.12 bits per heavy atom. The zero-order chi connectivity index (χ0) is 24.5. The van der Waals surface area contributed by atoms with E-state index in [1.54, 1.807) is 0 Å². The van der Waals surface area contributed by atoms with Gasteiger partial charge in [0.15, 0.2) is 0 Å². The molecule has 188 valence electrons. The quantitative estimate of drug-likeness (QED) is 0.249. The third kappa shape index (κ3) is 32.8. The summed E-state index contributed by atoms with van der Waals surface area (Å²) in [6, 6.07) is 0. The predicted octanol–water partition coefficient (Wildman–Crippen LogP) is 0.903. The van der Waals surface area contributed by atoms with Crippen LogP contribution in [-0.4, -0.2) is 95.7 Å². The van der Waals surface area contributed by atoms with Crippen molar-refractivity contribution in [1.82, 2.24) is 5.32 Å². The minimum atomic E-state index is -0.882. The summed E-state index contributed by atoms with van der Waals surface area (Å²) >= 11 is 0. The van der Waals surface area contributed by atoms with Gasteiger partial charge in [0.1, 0.15) is 0 Å². The molecule has 0 aromatic carbocycles. The van der Waals surface area contributed by atoms with Crippen LogP contribution in [-0.2, 0) is 42.9 Å². The first-order valence-electron chi connectivity index (χ1n) is 10.6. The number of aliphatic carboxylic acids is 1. The first-order chi connectivity index (χ1) is 15.2. The Kier molecular flexibility index (Phi) is 24.0. The summed E-state index contributed by atoms with van der Waals surface area (Å²) < 4.78 is 26.6. The highest BCUT2D eigenvalue weighted by Gasteiger charge is 2.09. The molecule has 11 nitrogen and oxygen atoms in total. The second kappa shape index (κ2) is 23.8. The Labute approximate surface area is 190 Å². The minimum Gasteiger partial charge on any atom is -0.481 e. The molecule has 11 heteroatoms. The topological polar surface area (TPSA) is 147 Å². The lowest BCUT2D eigenvalue weighted by Crippen LogP contribution is -2.28. The van der Waals surface area contributed by atoms with Crippen LogP contribution in [0.5, 0.6) is 0 Å². The Morgan fingerprint density at radius 3 is 1.59 bits per heavy atom. The van der Waals surface area contributed by atoms with Crippen LogP contribution in [0.4, 0.5) is 0 Å². The summed E-state index contributed by atoms with van der Waals surface area (Å²) in [5.41, 5.74) is 0.279. The van der Waals surface area contributed by atoms with Crippen LogP contribution in [0.3, 0.4) is 0 Å². The fourth-order valence-electron chi connectivity index (χ4n) is 1.92. The summed E-state index contributed by atoms with van der Waals surface area (Å²) in [6.45, 7) is 11.3. The maximum atomic E-state index is 11.6. The normalized spacial score (nSPS) is 10.7. The summed E-state index contributed by atoms with van der Waals surface area (Å²) in [7, 11) is 0. The monoisotopic (exact) mass is 465 g/mol. The van der Waals surface area contributed by atoms with Crippen LogP contribution in [0.15, 0.2) is 0 Å². The molecule has 0 aromatic rings.